The molecular weight excluding hydrogens is 251 g/mol. The summed E-state index contributed by atoms with van der Waals surface area (Å²) in [6.45, 7) is 1.31. The maximum atomic E-state index is 12.9. The van der Waals surface area contributed by atoms with Gasteiger partial charge in [-0.15, -0.1) is 0 Å². The number of hydrogen-bond donors (Lipinski definition) is 2. The summed E-state index contributed by atoms with van der Waals surface area (Å²) < 4.78 is 12.9. The first-order valence-corrected chi connectivity index (χ1v) is 6.76. The predicted octanol–water partition coefficient (Wildman–Crippen LogP) is 2.60. The van der Waals surface area contributed by atoms with Crippen LogP contribution in [0.5, 0.6) is 0 Å². The third-order valence-electron chi connectivity index (χ3n) is 3.15. The van der Waals surface area contributed by atoms with E-state index in [2.05, 4.69) is 17.9 Å². The molecule has 2 rings (SSSR count). The zero-order valence-electron chi connectivity index (χ0n) is 10.1. The maximum Gasteiger partial charge on any atom is 0.318 e. The van der Waals surface area contributed by atoms with Crippen LogP contribution < -0.4 is 5.32 Å². The molecule has 98 valence electrons. The van der Waals surface area contributed by atoms with Gasteiger partial charge in [-0.2, -0.15) is 12.6 Å². The summed E-state index contributed by atoms with van der Waals surface area (Å²) in [6, 6.07) is 6.33. The molecule has 1 aliphatic rings. The minimum absolute atomic E-state index is 0.0121. The average molecular weight is 268 g/mol. The lowest BCUT2D eigenvalue weighted by atomic mass is 10.1. The van der Waals surface area contributed by atoms with E-state index in [0.29, 0.717) is 13.1 Å². The molecule has 0 radical (unpaired) electrons. The molecule has 1 heterocycles. The second-order valence-corrected chi connectivity index (χ2v) is 4.82. The Bertz CT molecular complexity index is 410. The molecule has 0 bridgehead atoms. The van der Waals surface area contributed by atoms with Gasteiger partial charge in [0.2, 0.25) is 0 Å². The number of thiol groups is 1. The highest BCUT2D eigenvalue weighted by Crippen LogP contribution is 2.25. The largest absolute Gasteiger partial charge is 0.336 e. The fraction of sp³-hybridized carbons (Fsp3) is 0.462. The maximum absolute atomic E-state index is 12.9. The van der Waals surface area contributed by atoms with Crippen LogP contribution in [0.2, 0.25) is 0 Å². The third kappa shape index (κ3) is 2.96. The van der Waals surface area contributed by atoms with Crippen molar-refractivity contribution in [3.05, 3.63) is 35.6 Å². The Morgan fingerprint density at radius 3 is 2.72 bits per heavy atom. The molecule has 1 saturated heterocycles. The Morgan fingerprint density at radius 1 is 1.33 bits per heavy atom. The van der Waals surface area contributed by atoms with E-state index in [0.717, 1.165) is 24.2 Å². The molecule has 1 aliphatic heterocycles. The van der Waals surface area contributed by atoms with Gasteiger partial charge in [-0.05, 0) is 36.3 Å². The lowest BCUT2D eigenvalue weighted by Gasteiger charge is -2.23. The summed E-state index contributed by atoms with van der Waals surface area (Å²) in [5.41, 5.74) is 0.973. The van der Waals surface area contributed by atoms with Crippen molar-refractivity contribution in [3.63, 3.8) is 0 Å². The topological polar surface area (TPSA) is 32.3 Å². The van der Waals surface area contributed by atoms with E-state index < -0.39 is 0 Å². The van der Waals surface area contributed by atoms with Crippen molar-refractivity contribution >= 4 is 18.7 Å². The summed E-state index contributed by atoms with van der Waals surface area (Å²) in [5.74, 6) is 0.578. The Kier molecular flexibility index (Phi) is 4.47. The average Bonchev–Trinajstić information content (AvgIpc) is 2.73. The van der Waals surface area contributed by atoms with Crippen LogP contribution in [0.25, 0.3) is 0 Å². The van der Waals surface area contributed by atoms with Gasteiger partial charge in [-0.25, -0.2) is 9.18 Å². The van der Waals surface area contributed by atoms with E-state index in [4.69, 9.17) is 0 Å². The van der Waals surface area contributed by atoms with Gasteiger partial charge in [0.15, 0.2) is 0 Å². The zero-order chi connectivity index (χ0) is 13.0. The number of unbranched alkanes of at least 4 members (excludes halogenated alkanes) is 1. The molecular formula is C13H17FN2OS. The molecule has 2 amide bonds. The number of benzene rings is 1. The molecule has 0 aliphatic carbocycles. The van der Waals surface area contributed by atoms with Crippen LogP contribution in [-0.4, -0.2) is 29.8 Å². The van der Waals surface area contributed by atoms with E-state index in [1.807, 2.05) is 4.90 Å². The lowest BCUT2D eigenvalue weighted by molar-refractivity contribution is 0.203. The highest BCUT2D eigenvalue weighted by molar-refractivity contribution is 7.80. The number of carbonyl (C=O) groups is 1. The van der Waals surface area contributed by atoms with Gasteiger partial charge in [0.25, 0.3) is 0 Å². The monoisotopic (exact) mass is 268 g/mol. The number of carbonyl (C=O) groups excluding carboxylic acids is 1. The van der Waals surface area contributed by atoms with Gasteiger partial charge in [-0.3, -0.25) is 0 Å². The second kappa shape index (κ2) is 6.09. The fourth-order valence-corrected chi connectivity index (χ4v) is 2.39. The van der Waals surface area contributed by atoms with Gasteiger partial charge in [0.05, 0.1) is 6.04 Å². The molecule has 1 fully saturated rings. The van der Waals surface area contributed by atoms with Crippen LogP contribution in [0.1, 0.15) is 24.4 Å². The molecule has 1 unspecified atom stereocenters. The van der Waals surface area contributed by atoms with Crippen LogP contribution in [0.3, 0.4) is 0 Å². The molecule has 5 heteroatoms. The van der Waals surface area contributed by atoms with Crippen molar-refractivity contribution < 1.29 is 9.18 Å². The lowest BCUT2D eigenvalue weighted by Crippen LogP contribution is -2.30. The van der Waals surface area contributed by atoms with Gasteiger partial charge >= 0.3 is 6.03 Å². The number of hydrogen-bond acceptors (Lipinski definition) is 2. The van der Waals surface area contributed by atoms with Crippen molar-refractivity contribution in [2.24, 2.45) is 0 Å². The van der Waals surface area contributed by atoms with Crippen molar-refractivity contribution in [1.82, 2.24) is 10.2 Å². The van der Waals surface area contributed by atoms with Gasteiger partial charge in [0, 0.05) is 13.1 Å². The molecule has 18 heavy (non-hydrogen) atoms. The van der Waals surface area contributed by atoms with Crippen LogP contribution in [-0.2, 0) is 0 Å². The normalized spacial score (nSPS) is 19.1. The number of nitrogens with zero attached hydrogens (tertiary/aromatic N) is 1. The molecule has 1 aromatic carbocycles. The van der Waals surface area contributed by atoms with Crippen LogP contribution in [0, 0.1) is 5.82 Å². The Hall–Kier alpha value is -1.23. The van der Waals surface area contributed by atoms with Gasteiger partial charge in [-0.1, -0.05) is 12.1 Å². The number of rotatable bonds is 5. The fourth-order valence-electron chi connectivity index (χ4n) is 2.17. The minimum atomic E-state index is -0.252. The summed E-state index contributed by atoms with van der Waals surface area (Å²) >= 11 is 4.16. The zero-order valence-corrected chi connectivity index (χ0v) is 11.0. The van der Waals surface area contributed by atoms with Gasteiger partial charge in [0.1, 0.15) is 5.82 Å². The highest BCUT2D eigenvalue weighted by Gasteiger charge is 2.30. The Morgan fingerprint density at radius 2 is 2.06 bits per heavy atom. The summed E-state index contributed by atoms with van der Waals surface area (Å²) in [5, 5.41) is 2.83. The Balaban J connectivity index is 2.06. The van der Waals surface area contributed by atoms with E-state index in [-0.39, 0.29) is 17.9 Å². The third-order valence-corrected chi connectivity index (χ3v) is 3.46. The van der Waals surface area contributed by atoms with Crippen molar-refractivity contribution in [2.75, 3.05) is 18.8 Å². The highest BCUT2D eigenvalue weighted by atomic mass is 32.1. The smallest absolute Gasteiger partial charge is 0.318 e. The summed E-state index contributed by atoms with van der Waals surface area (Å²) in [4.78, 5) is 13.6. The molecule has 0 saturated carbocycles. The molecule has 1 aromatic rings. The standard InChI is InChI=1S/C13H17FN2OS/c14-11-5-3-10(4-6-11)12-9-15-13(17)16(12)7-1-2-8-18/h3-6,12,18H,1-2,7-9H2,(H,15,17). The SMILES string of the molecule is O=C1NCC(c2ccc(F)cc2)N1CCCCS. The number of nitrogens with one attached hydrogen (secondary N) is 1. The Labute approximate surface area is 112 Å². The second-order valence-electron chi connectivity index (χ2n) is 4.38. The van der Waals surface area contributed by atoms with Crippen molar-refractivity contribution in [2.45, 2.75) is 18.9 Å². The van der Waals surface area contributed by atoms with Crippen molar-refractivity contribution in [3.8, 4) is 0 Å². The molecule has 0 aromatic heterocycles. The molecule has 3 nitrogen and oxygen atoms in total. The quantitative estimate of drug-likeness (QED) is 0.624. The first-order valence-electron chi connectivity index (χ1n) is 6.13. The molecule has 1 atom stereocenters. The first-order chi connectivity index (χ1) is 8.72. The van der Waals surface area contributed by atoms with E-state index in [1.54, 1.807) is 12.1 Å². The van der Waals surface area contributed by atoms with E-state index in [9.17, 15) is 9.18 Å². The van der Waals surface area contributed by atoms with Crippen LogP contribution in [0.4, 0.5) is 9.18 Å². The first kappa shape index (κ1) is 13.2. The van der Waals surface area contributed by atoms with Crippen LogP contribution >= 0.6 is 12.6 Å². The number of amides is 2. The number of urea groups is 1. The van der Waals surface area contributed by atoms with E-state index >= 15 is 0 Å². The van der Waals surface area contributed by atoms with Crippen molar-refractivity contribution in [1.29, 1.82) is 0 Å². The minimum Gasteiger partial charge on any atom is -0.336 e. The summed E-state index contributed by atoms with van der Waals surface area (Å²) in [6.07, 6.45) is 1.93. The molecule has 0 spiro atoms. The van der Waals surface area contributed by atoms with Crippen LogP contribution in [0.15, 0.2) is 24.3 Å². The van der Waals surface area contributed by atoms with Gasteiger partial charge < -0.3 is 10.2 Å². The molecule has 1 N–H and O–H groups in total. The predicted molar refractivity (Wildman–Crippen MR) is 72.3 cm³/mol. The summed E-state index contributed by atoms with van der Waals surface area (Å²) in [7, 11) is 0. The number of halogens is 1. The van der Waals surface area contributed by atoms with E-state index in [1.165, 1.54) is 12.1 Å².